The molecule has 0 spiro atoms. The van der Waals surface area contributed by atoms with Crippen molar-refractivity contribution in [1.82, 2.24) is 0 Å². The third kappa shape index (κ3) is 0.338. The lowest BCUT2D eigenvalue weighted by Gasteiger charge is -1.80. The molecule has 0 amide bonds. The lowest BCUT2D eigenvalue weighted by Crippen LogP contribution is -2.19. The van der Waals surface area contributed by atoms with Crippen LogP contribution in [0.3, 0.4) is 0 Å². The van der Waals surface area contributed by atoms with Crippen molar-refractivity contribution >= 4 is 11.1 Å². The van der Waals surface area contributed by atoms with E-state index in [9.17, 15) is 0 Å². The monoisotopic (exact) mass is 129 g/mol. The summed E-state index contributed by atoms with van der Waals surface area (Å²) in [6.45, 7) is 0. The minimum absolute atomic E-state index is 1.04. The third-order valence-corrected chi connectivity index (χ3v) is 2.11. The van der Waals surface area contributed by atoms with Crippen molar-refractivity contribution in [3.05, 3.63) is 35.1 Å². The van der Waals surface area contributed by atoms with Crippen LogP contribution in [0.5, 0.6) is 0 Å². The molecule has 2 aliphatic carbocycles. The molecule has 0 N–H and O–H groups in total. The van der Waals surface area contributed by atoms with Crippen LogP contribution >= 0.6 is 0 Å². The minimum atomic E-state index is 1.04. The Balaban J connectivity index is 2.77. The SMILES string of the molecule is [c]1cc2c(o1)=C1C=CC=2C1. The predicted molar refractivity (Wildman–Crippen MR) is 37.4 cm³/mol. The molecule has 3 rings (SSSR count). The molecule has 0 aliphatic heterocycles. The second-order valence-electron chi connectivity index (χ2n) is 2.67. The second kappa shape index (κ2) is 1.26. The highest BCUT2D eigenvalue weighted by Gasteiger charge is 2.16. The number of furan rings is 1. The highest BCUT2D eigenvalue weighted by Crippen LogP contribution is 2.24. The standard InChI is InChI=1S/C9H5O/c1-2-7-5-6(1)8-3-4-10-9(7)8/h1-3H,5H2. The summed E-state index contributed by atoms with van der Waals surface area (Å²) >= 11 is 0. The molecule has 1 aromatic rings. The molecule has 0 saturated heterocycles. The summed E-state index contributed by atoms with van der Waals surface area (Å²) in [4.78, 5) is 0. The van der Waals surface area contributed by atoms with Gasteiger partial charge in [0.1, 0.15) is 5.42 Å². The van der Waals surface area contributed by atoms with Crippen LogP contribution in [-0.4, -0.2) is 0 Å². The summed E-state index contributed by atoms with van der Waals surface area (Å²) in [5.74, 6) is 0. The van der Waals surface area contributed by atoms with Gasteiger partial charge in [0.05, 0.1) is 0 Å². The Morgan fingerprint density at radius 3 is 3.10 bits per heavy atom. The van der Waals surface area contributed by atoms with Gasteiger partial charge in [0.2, 0.25) is 0 Å². The van der Waals surface area contributed by atoms with Crippen molar-refractivity contribution < 1.29 is 4.42 Å². The lowest BCUT2D eigenvalue weighted by atomic mass is 10.2. The topological polar surface area (TPSA) is 13.1 Å². The number of rotatable bonds is 0. The predicted octanol–water partition coefficient (Wildman–Crippen LogP) is 0.355. The lowest BCUT2D eigenvalue weighted by molar-refractivity contribution is 0.521. The smallest absolute Gasteiger partial charge is 0.170 e. The van der Waals surface area contributed by atoms with Gasteiger partial charge in [0.15, 0.2) is 6.26 Å². The van der Waals surface area contributed by atoms with Crippen LogP contribution in [0.25, 0.3) is 11.1 Å². The molecular weight excluding hydrogens is 124 g/mol. The molecule has 1 heteroatoms. The molecule has 0 atom stereocenters. The molecule has 1 nitrogen and oxygen atoms in total. The van der Waals surface area contributed by atoms with Gasteiger partial charge in [-0.1, -0.05) is 12.2 Å². The van der Waals surface area contributed by atoms with Crippen molar-refractivity contribution in [3.63, 3.8) is 0 Å². The van der Waals surface area contributed by atoms with E-state index in [0.717, 1.165) is 11.8 Å². The van der Waals surface area contributed by atoms with Crippen LogP contribution in [0.15, 0.2) is 22.6 Å². The van der Waals surface area contributed by atoms with E-state index < -0.39 is 0 Å². The Morgan fingerprint density at radius 2 is 2.20 bits per heavy atom. The van der Waals surface area contributed by atoms with E-state index in [1.807, 2.05) is 6.07 Å². The maximum atomic E-state index is 5.18. The van der Waals surface area contributed by atoms with Crippen molar-refractivity contribution in [2.24, 2.45) is 0 Å². The third-order valence-electron chi connectivity index (χ3n) is 2.11. The van der Waals surface area contributed by atoms with Crippen molar-refractivity contribution in [2.45, 2.75) is 6.42 Å². The molecule has 2 bridgehead atoms. The Hall–Kier alpha value is -1.24. The first-order valence-corrected chi connectivity index (χ1v) is 3.35. The molecule has 0 saturated carbocycles. The molecule has 47 valence electrons. The number of hydrogen-bond donors (Lipinski definition) is 0. The van der Waals surface area contributed by atoms with E-state index in [0.29, 0.717) is 0 Å². The normalized spacial score (nSPS) is 18.8. The average molecular weight is 129 g/mol. The van der Waals surface area contributed by atoms with Crippen LogP contribution in [0.2, 0.25) is 0 Å². The van der Waals surface area contributed by atoms with Crippen LogP contribution in [0.1, 0.15) is 6.42 Å². The summed E-state index contributed by atoms with van der Waals surface area (Å²) in [5.41, 5.74) is 3.73. The van der Waals surface area contributed by atoms with Gasteiger partial charge in [-0.25, -0.2) is 0 Å². The first-order valence-electron chi connectivity index (χ1n) is 3.35. The van der Waals surface area contributed by atoms with Gasteiger partial charge in [-0.05, 0) is 17.2 Å². The fraction of sp³-hybridized carbons (Fsp3) is 0.111. The van der Waals surface area contributed by atoms with Crippen molar-refractivity contribution in [3.8, 4) is 0 Å². The van der Waals surface area contributed by atoms with Crippen LogP contribution in [0.4, 0.5) is 0 Å². The van der Waals surface area contributed by atoms with E-state index in [1.165, 1.54) is 16.4 Å². The van der Waals surface area contributed by atoms with Crippen molar-refractivity contribution in [1.29, 1.82) is 0 Å². The number of allylic oxidation sites excluding steroid dienone is 2. The number of hydrogen-bond acceptors (Lipinski definition) is 1. The molecular formula is C9H5O. The van der Waals surface area contributed by atoms with E-state index in [2.05, 4.69) is 18.4 Å². The number of fused-ring (bicyclic) bond motifs is 3. The van der Waals surface area contributed by atoms with Crippen molar-refractivity contribution in [2.75, 3.05) is 0 Å². The molecule has 0 fully saturated rings. The van der Waals surface area contributed by atoms with Gasteiger partial charge in [-0.2, -0.15) is 0 Å². The van der Waals surface area contributed by atoms with E-state index in [4.69, 9.17) is 4.42 Å². The van der Waals surface area contributed by atoms with Crippen LogP contribution in [-0.2, 0) is 0 Å². The van der Waals surface area contributed by atoms with E-state index in [-0.39, 0.29) is 0 Å². The molecule has 0 unspecified atom stereocenters. The highest BCUT2D eigenvalue weighted by molar-refractivity contribution is 5.84. The van der Waals surface area contributed by atoms with Gasteiger partial charge in [0, 0.05) is 11.6 Å². The molecule has 1 radical (unpaired) electrons. The maximum absolute atomic E-state index is 5.18. The summed E-state index contributed by atoms with van der Waals surface area (Å²) in [7, 11) is 0. The first-order chi connectivity index (χ1) is 4.95. The summed E-state index contributed by atoms with van der Waals surface area (Å²) < 4.78 is 5.18. The largest absolute Gasteiger partial charge is 0.452 e. The summed E-state index contributed by atoms with van der Waals surface area (Å²) in [5, 5.41) is 1.25. The quantitative estimate of drug-likeness (QED) is 0.492. The Kier molecular flexibility index (Phi) is 0.575. The summed E-state index contributed by atoms with van der Waals surface area (Å²) in [6.07, 6.45) is 8.09. The Bertz CT molecular complexity index is 393. The highest BCUT2D eigenvalue weighted by atomic mass is 16.3. The van der Waals surface area contributed by atoms with E-state index in [1.54, 1.807) is 0 Å². The average Bonchev–Trinajstić information content (AvgIpc) is 2.60. The minimum Gasteiger partial charge on any atom is -0.452 e. The van der Waals surface area contributed by atoms with Crippen LogP contribution < -0.4 is 10.6 Å². The zero-order chi connectivity index (χ0) is 6.55. The molecule has 1 aromatic heterocycles. The second-order valence-corrected chi connectivity index (χ2v) is 2.67. The van der Waals surface area contributed by atoms with Gasteiger partial charge in [-0.3, -0.25) is 0 Å². The zero-order valence-electron chi connectivity index (χ0n) is 5.35. The van der Waals surface area contributed by atoms with Crippen LogP contribution in [0, 0.1) is 6.26 Å². The molecule has 10 heavy (non-hydrogen) atoms. The fourth-order valence-corrected chi connectivity index (χ4v) is 1.61. The van der Waals surface area contributed by atoms with Gasteiger partial charge < -0.3 is 4.42 Å². The van der Waals surface area contributed by atoms with Gasteiger partial charge >= 0.3 is 0 Å². The molecule has 2 aliphatic rings. The first kappa shape index (κ1) is 4.56. The Labute approximate surface area is 58.0 Å². The maximum Gasteiger partial charge on any atom is 0.170 e. The molecule has 0 aromatic carbocycles. The summed E-state index contributed by atoms with van der Waals surface area (Å²) in [6, 6.07) is 1.92. The zero-order valence-corrected chi connectivity index (χ0v) is 5.35. The van der Waals surface area contributed by atoms with E-state index >= 15 is 0 Å². The Morgan fingerprint density at radius 1 is 1.30 bits per heavy atom. The van der Waals surface area contributed by atoms with Gasteiger partial charge in [0.25, 0.3) is 0 Å². The van der Waals surface area contributed by atoms with Gasteiger partial charge in [-0.15, -0.1) is 0 Å². The fourth-order valence-electron chi connectivity index (χ4n) is 1.61. The molecule has 1 heterocycles.